The molecule has 0 amide bonds. The number of nitrogens with zero attached hydrogens (tertiary/aromatic N) is 1. The van der Waals surface area contributed by atoms with E-state index in [1.54, 1.807) is 36.7 Å². The molecule has 0 atom stereocenters. The Bertz CT molecular complexity index is 923. The van der Waals surface area contributed by atoms with Gasteiger partial charge in [-0.25, -0.2) is 0 Å². The third-order valence-electron chi connectivity index (χ3n) is 4.01. The van der Waals surface area contributed by atoms with Crippen LogP contribution in [0.15, 0.2) is 54.9 Å². The first kappa shape index (κ1) is 17.9. The normalized spacial score (nSPS) is 10.5. The maximum atomic E-state index is 12.9. The lowest BCUT2D eigenvalue weighted by Gasteiger charge is -2.13. The van der Waals surface area contributed by atoms with Crippen molar-refractivity contribution in [2.24, 2.45) is 0 Å². The van der Waals surface area contributed by atoms with Gasteiger partial charge in [-0.15, -0.1) is 0 Å². The Kier molecular flexibility index (Phi) is 5.19. The summed E-state index contributed by atoms with van der Waals surface area (Å²) in [7, 11) is 4.55. The zero-order chi connectivity index (χ0) is 18.7. The number of ketones is 1. The zero-order valence-electron chi connectivity index (χ0n) is 14.7. The number of rotatable bonds is 6. The summed E-state index contributed by atoms with van der Waals surface area (Å²) in [6.07, 6.45) is 3.54. The molecule has 0 N–H and O–H groups in total. The second-order valence-electron chi connectivity index (χ2n) is 5.50. The van der Waals surface area contributed by atoms with Crippen LogP contribution < -0.4 is 14.2 Å². The van der Waals surface area contributed by atoms with Crippen LogP contribution in [0.25, 0.3) is 5.69 Å². The molecule has 5 nitrogen and oxygen atoms in total. The van der Waals surface area contributed by atoms with Crippen molar-refractivity contribution in [1.82, 2.24) is 4.57 Å². The highest BCUT2D eigenvalue weighted by atomic mass is 35.5. The van der Waals surface area contributed by atoms with E-state index in [0.717, 1.165) is 5.69 Å². The minimum Gasteiger partial charge on any atom is -0.493 e. The van der Waals surface area contributed by atoms with E-state index in [0.29, 0.717) is 33.4 Å². The Morgan fingerprint density at radius 3 is 2.15 bits per heavy atom. The van der Waals surface area contributed by atoms with Gasteiger partial charge in [-0.05, 0) is 30.3 Å². The molecular weight excluding hydrogens is 354 g/mol. The first-order chi connectivity index (χ1) is 12.6. The molecule has 6 heteroatoms. The fourth-order valence-corrected chi connectivity index (χ4v) is 2.95. The van der Waals surface area contributed by atoms with Gasteiger partial charge in [0, 0.05) is 23.5 Å². The first-order valence-corrected chi connectivity index (χ1v) is 8.24. The van der Waals surface area contributed by atoms with Crippen molar-refractivity contribution in [3.63, 3.8) is 0 Å². The molecule has 0 bridgehead atoms. The molecule has 3 aromatic rings. The van der Waals surface area contributed by atoms with Crippen LogP contribution in [0, 0.1) is 0 Å². The number of carbonyl (C=O) groups excluding carboxylic acids is 1. The lowest BCUT2D eigenvalue weighted by Crippen LogP contribution is -2.03. The number of methoxy groups -OCH3 is 3. The lowest BCUT2D eigenvalue weighted by atomic mass is 10.0. The Morgan fingerprint density at radius 2 is 1.58 bits per heavy atom. The molecule has 2 aromatic carbocycles. The molecule has 3 rings (SSSR count). The summed E-state index contributed by atoms with van der Waals surface area (Å²) in [5.74, 6) is 1.15. The third-order valence-corrected chi connectivity index (χ3v) is 4.33. The molecule has 26 heavy (non-hydrogen) atoms. The standard InChI is InChI=1S/C20H18ClNO4/c1-24-17-10-14(11-18(25-2)20(17)26-3)19(23)13-8-9-22(12-13)16-7-5-4-6-15(16)21/h4-12H,1-3H3. The van der Waals surface area contributed by atoms with Gasteiger partial charge in [0.1, 0.15) is 0 Å². The van der Waals surface area contributed by atoms with Gasteiger partial charge in [-0.3, -0.25) is 4.79 Å². The van der Waals surface area contributed by atoms with Gasteiger partial charge >= 0.3 is 0 Å². The number of halogens is 1. The quantitative estimate of drug-likeness (QED) is 0.603. The van der Waals surface area contributed by atoms with Gasteiger partial charge in [0.15, 0.2) is 17.3 Å². The van der Waals surface area contributed by atoms with E-state index in [2.05, 4.69) is 0 Å². The van der Waals surface area contributed by atoms with Crippen molar-refractivity contribution < 1.29 is 19.0 Å². The molecule has 0 aliphatic carbocycles. The largest absolute Gasteiger partial charge is 0.493 e. The molecule has 0 aliphatic heterocycles. The average molecular weight is 372 g/mol. The molecule has 0 fully saturated rings. The zero-order valence-corrected chi connectivity index (χ0v) is 15.4. The van der Waals surface area contributed by atoms with E-state index in [9.17, 15) is 4.79 Å². The van der Waals surface area contributed by atoms with Gasteiger partial charge in [-0.1, -0.05) is 23.7 Å². The summed E-state index contributed by atoms with van der Waals surface area (Å²) in [4.78, 5) is 12.9. The molecule has 0 aliphatic rings. The van der Waals surface area contributed by atoms with Crippen LogP contribution >= 0.6 is 11.6 Å². The molecule has 0 saturated heterocycles. The molecule has 134 valence electrons. The van der Waals surface area contributed by atoms with Crippen LogP contribution in [0.1, 0.15) is 15.9 Å². The predicted octanol–water partition coefficient (Wildman–Crippen LogP) is 4.39. The number of benzene rings is 2. The third kappa shape index (κ3) is 3.26. The van der Waals surface area contributed by atoms with Crippen LogP contribution in [0.4, 0.5) is 0 Å². The monoisotopic (exact) mass is 371 g/mol. The number of hydrogen-bond donors (Lipinski definition) is 0. The topological polar surface area (TPSA) is 49.7 Å². The summed E-state index contributed by atoms with van der Waals surface area (Å²) < 4.78 is 17.7. The van der Waals surface area contributed by atoms with Crippen molar-refractivity contribution in [2.45, 2.75) is 0 Å². The summed E-state index contributed by atoms with van der Waals surface area (Å²) in [6.45, 7) is 0. The van der Waals surface area contributed by atoms with Crippen LogP contribution in [-0.4, -0.2) is 31.7 Å². The fourth-order valence-electron chi connectivity index (χ4n) is 2.72. The van der Waals surface area contributed by atoms with Gasteiger partial charge in [-0.2, -0.15) is 0 Å². The Morgan fingerprint density at radius 1 is 0.923 bits per heavy atom. The van der Waals surface area contributed by atoms with Crippen molar-refractivity contribution in [3.8, 4) is 22.9 Å². The molecule has 0 radical (unpaired) electrons. The van der Waals surface area contributed by atoms with Crippen LogP contribution in [0.3, 0.4) is 0 Å². The molecular formula is C20H18ClNO4. The smallest absolute Gasteiger partial charge is 0.203 e. The van der Waals surface area contributed by atoms with E-state index < -0.39 is 0 Å². The number of carbonyl (C=O) groups is 1. The predicted molar refractivity (Wildman–Crippen MR) is 100 cm³/mol. The Labute approximate surface area is 156 Å². The van der Waals surface area contributed by atoms with E-state index >= 15 is 0 Å². The van der Waals surface area contributed by atoms with Gasteiger partial charge in [0.25, 0.3) is 0 Å². The number of ether oxygens (including phenoxy) is 3. The summed E-state index contributed by atoms with van der Waals surface area (Å²) >= 11 is 6.22. The van der Waals surface area contributed by atoms with E-state index in [4.69, 9.17) is 25.8 Å². The maximum absolute atomic E-state index is 12.9. The van der Waals surface area contributed by atoms with Crippen LogP contribution in [0.5, 0.6) is 17.2 Å². The summed E-state index contributed by atoms with van der Waals surface area (Å²) in [5.41, 5.74) is 1.77. The van der Waals surface area contributed by atoms with Crippen molar-refractivity contribution in [2.75, 3.05) is 21.3 Å². The highest BCUT2D eigenvalue weighted by Crippen LogP contribution is 2.38. The van der Waals surface area contributed by atoms with Crippen molar-refractivity contribution >= 4 is 17.4 Å². The van der Waals surface area contributed by atoms with Crippen LogP contribution in [0.2, 0.25) is 5.02 Å². The Balaban J connectivity index is 1.99. The van der Waals surface area contributed by atoms with E-state index in [1.807, 2.05) is 22.8 Å². The highest BCUT2D eigenvalue weighted by Gasteiger charge is 2.19. The highest BCUT2D eigenvalue weighted by molar-refractivity contribution is 6.32. The minimum atomic E-state index is -0.157. The van der Waals surface area contributed by atoms with E-state index in [-0.39, 0.29) is 5.78 Å². The molecule has 0 spiro atoms. The molecule has 0 saturated carbocycles. The molecule has 0 unspecified atom stereocenters. The summed E-state index contributed by atoms with van der Waals surface area (Å²) in [5, 5.41) is 0.606. The van der Waals surface area contributed by atoms with E-state index in [1.165, 1.54) is 21.3 Å². The van der Waals surface area contributed by atoms with Crippen LogP contribution in [-0.2, 0) is 0 Å². The SMILES string of the molecule is COc1cc(C(=O)c2ccn(-c3ccccc3Cl)c2)cc(OC)c1OC. The summed E-state index contributed by atoms with van der Waals surface area (Å²) in [6, 6.07) is 12.5. The first-order valence-electron chi connectivity index (χ1n) is 7.86. The lowest BCUT2D eigenvalue weighted by molar-refractivity contribution is 0.103. The second-order valence-corrected chi connectivity index (χ2v) is 5.91. The number of hydrogen-bond acceptors (Lipinski definition) is 4. The Hall–Kier alpha value is -2.92. The van der Waals surface area contributed by atoms with Crippen molar-refractivity contribution in [3.05, 3.63) is 71.0 Å². The number of para-hydroxylation sites is 1. The molecule has 1 heterocycles. The minimum absolute atomic E-state index is 0.157. The van der Waals surface area contributed by atoms with Gasteiger partial charge in [0.2, 0.25) is 5.75 Å². The molecule has 1 aromatic heterocycles. The average Bonchev–Trinajstić information content (AvgIpc) is 3.16. The van der Waals surface area contributed by atoms with Gasteiger partial charge < -0.3 is 18.8 Å². The fraction of sp³-hybridized carbons (Fsp3) is 0.150. The van der Waals surface area contributed by atoms with Gasteiger partial charge in [0.05, 0.1) is 32.0 Å². The number of aromatic nitrogens is 1. The second kappa shape index (κ2) is 7.54. The van der Waals surface area contributed by atoms with Crippen molar-refractivity contribution in [1.29, 1.82) is 0 Å². The maximum Gasteiger partial charge on any atom is 0.203 e.